The number of methoxy groups -OCH3 is 1. The van der Waals surface area contributed by atoms with E-state index in [4.69, 9.17) is 0 Å². The van der Waals surface area contributed by atoms with Gasteiger partial charge < -0.3 is 9.72 Å². The molecular formula is C13H13N3O3. The molecule has 0 radical (unpaired) electrons. The van der Waals surface area contributed by atoms with Crippen LogP contribution in [0, 0.1) is 6.92 Å². The molecule has 0 unspecified atom stereocenters. The van der Waals surface area contributed by atoms with Crippen LogP contribution in [0.15, 0.2) is 29.3 Å². The quantitative estimate of drug-likeness (QED) is 0.826. The number of hydrogen-bond donors (Lipinski definition) is 1. The van der Waals surface area contributed by atoms with Crippen LogP contribution < -0.4 is 5.56 Å². The van der Waals surface area contributed by atoms with E-state index in [1.807, 2.05) is 0 Å². The summed E-state index contributed by atoms with van der Waals surface area (Å²) >= 11 is 0. The van der Waals surface area contributed by atoms with Crippen molar-refractivity contribution in [1.29, 1.82) is 0 Å². The molecule has 2 aromatic rings. The molecule has 6 heteroatoms. The maximum Gasteiger partial charge on any atom is 0.310 e. The van der Waals surface area contributed by atoms with E-state index >= 15 is 0 Å². The largest absolute Gasteiger partial charge is 0.469 e. The smallest absolute Gasteiger partial charge is 0.310 e. The lowest BCUT2D eigenvalue weighted by molar-refractivity contribution is -0.139. The molecule has 0 saturated carbocycles. The minimum absolute atomic E-state index is 0.0853. The Morgan fingerprint density at radius 3 is 2.84 bits per heavy atom. The Hall–Kier alpha value is -2.50. The van der Waals surface area contributed by atoms with E-state index < -0.39 is 5.97 Å². The first-order valence-electron chi connectivity index (χ1n) is 5.69. The van der Waals surface area contributed by atoms with Crippen molar-refractivity contribution in [2.45, 2.75) is 13.3 Å². The predicted octanol–water partition coefficient (Wildman–Crippen LogP) is 0.856. The summed E-state index contributed by atoms with van der Waals surface area (Å²) in [6.45, 7) is 1.69. The van der Waals surface area contributed by atoms with E-state index in [0.717, 1.165) is 0 Å². The van der Waals surface area contributed by atoms with Crippen molar-refractivity contribution < 1.29 is 9.53 Å². The lowest BCUT2D eigenvalue weighted by Crippen LogP contribution is -2.21. The van der Waals surface area contributed by atoms with E-state index in [1.54, 1.807) is 31.5 Å². The molecule has 0 aliphatic carbocycles. The zero-order valence-electron chi connectivity index (χ0n) is 10.6. The summed E-state index contributed by atoms with van der Waals surface area (Å²) in [5.74, 6) is -0.0336. The summed E-state index contributed by atoms with van der Waals surface area (Å²) in [6, 6.07) is 3.55. The third-order valence-corrected chi connectivity index (χ3v) is 2.71. The van der Waals surface area contributed by atoms with E-state index in [-0.39, 0.29) is 12.0 Å². The molecule has 0 aliphatic rings. The van der Waals surface area contributed by atoms with Crippen LogP contribution in [0.5, 0.6) is 0 Å². The molecule has 0 aromatic carbocycles. The average Bonchev–Trinajstić information content (AvgIpc) is 2.43. The predicted molar refractivity (Wildman–Crippen MR) is 68.5 cm³/mol. The van der Waals surface area contributed by atoms with Crippen LogP contribution in [0.2, 0.25) is 0 Å². The summed E-state index contributed by atoms with van der Waals surface area (Å²) in [5.41, 5.74) is 1.21. The van der Waals surface area contributed by atoms with E-state index in [1.165, 1.54) is 7.11 Å². The number of carbonyl (C=O) groups excluding carboxylic acids is 1. The highest BCUT2D eigenvalue weighted by Gasteiger charge is 2.13. The first-order valence-corrected chi connectivity index (χ1v) is 5.69. The van der Waals surface area contributed by atoms with E-state index in [9.17, 15) is 9.59 Å². The summed E-state index contributed by atoms with van der Waals surface area (Å²) in [6.07, 6.45) is 3.16. The summed E-state index contributed by atoms with van der Waals surface area (Å²) < 4.78 is 4.55. The number of ether oxygens (including phenoxy) is 1. The van der Waals surface area contributed by atoms with Crippen LogP contribution in [0.4, 0.5) is 0 Å². The van der Waals surface area contributed by atoms with Crippen LogP contribution >= 0.6 is 0 Å². The van der Waals surface area contributed by atoms with E-state index in [2.05, 4.69) is 19.7 Å². The zero-order valence-corrected chi connectivity index (χ0v) is 10.6. The number of aromatic nitrogens is 3. The van der Waals surface area contributed by atoms with Crippen LogP contribution in [0.3, 0.4) is 0 Å². The van der Waals surface area contributed by atoms with Crippen molar-refractivity contribution >= 4 is 5.97 Å². The highest BCUT2D eigenvalue weighted by Crippen LogP contribution is 2.12. The van der Waals surface area contributed by atoms with Gasteiger partial charge in [-0.25, -0.2) is 4.98 Å². The maximum absolute atomic E-state index is 12.0. The Balaban J connectivity index is 2.43. The number of esters is 1. The molecule has 2 heterocycles. The minimum Gasteiger partial charge on any atom is -0.469 e. The molecule has 6 nitrogen and oxygen atoms in total. The first-order chi connectivity index (χ1) is 9.11. The standard InChI is InChI=1S/C13H13N3O3/c1-8-10(6-11(17)19-2)13(18)16-12(15-8)9-4-3-5-14-7-9/h3-5,7H,6H2,1-2H3,(H,15,16,18). The second kappa shape index (κ2) is 5.43. The number of aromatic amines is 1. The number of nitrogens with zero attached hydrogens (tertiary/aromatic N) is 2. The average molecular weight is 259 g/mol. The number of hydrogen-bond acceptors (Lipinski definition) is 5. The van der Waals surface area contributed by atoms with Gasteiger partial charge in [0.25, 0.3) is 5.56 Å². The molecule has 0 spiro atoms. The zero-order chi connectivity index (χ0) is 13.8. The molecule has 2 rings (SSSR count). The Morgan fingerprint density at radius 2 is 2.26 bits per heavy atom. The molecular weight excluding hydrogens is 246 g/mol. The third-order valence-electron chi connectivity index (χ3n) is 2.71. The molecule has 2 aromatic heterocycles. The fourth-order valence-corrected chi connectivity index (χ4v) is 1.67. The Morgan fingerprint density at radius 1 is 1.47 bits per heavy atom. The molecule has 98 valence electrons. The van der Waals surface area contributed by atoms with Crippen molar-refractivity contribution in [2.75, 3.05) is 7.11 Å². The number of H-pyrrole nitrogens is 1. The summed E-state index contributed by atoms with van der Waals surface area (Å²) in [4.78, 5) is 34.1. The molecule has 0 saturated heterocycles. The van der Waals surface area contributed by atoms with Crippen LogP contribution in [-0.4, -0.2) is 28.0 Å². The van der Waals surface area contributed by atoms with Gasteiger partial charge in [-0.05, 0) is 19.1 Å². The Labute approximate surface area is 109 Å². The van der Waals surface area contributed by atoms with Gasteiger partial charge in [-0.3, -0.25) is 14.6 Å². The van der Waals surface area contributed by atoms with Gasteiger partial charge in [0, 0.05) is 29.2 Å². The maximum atomic E-state index is 12.0. The lowest BCUT2D eigenvalue weighted by Gasteiger charge is -2.06. The fraction of sp³-hybridized carbons (Fsp3) is 0.231. The van der Waals surface area contributed by atoms with Gasteiger partial charge in [-0.2, -0.15) is 0 Å². The molecule has 1 N–H and O–H groups in total. The molecule has 0 bridgehead atoms. The van der Waals surface area contributed by atoms with Gasteiger partial charge >= 0.3 is 5.97 Å². The highest BCUT2D eigenvalue weighted by molar-refractivity contribution is 5.72. The Kier molecular flexibility index (Phi) is 3.70. The van der Waals surface area contributed by atoms with Crippen LogP contribution in [0.25, 0.3) is 11.4 Å². The van der Waals surface area contributed by atoms with Gasteiger partial charge in [0.05, 0.1) is 13.5 Å². The van der Waals surface area contributed by atoms with Crippen LogP contribution in [-0.2, 0) is 16.0 Å². The van der Waals surface area contributed by atoms with Gasteiger partial charge in [0.15, 0.2) is 0 Å². The number of aryl methyl sites for hydroxylation is 1. The number of nitrogens with one attached hydrogen (secondary N) is 1. The van der Waals surface area contributed by atoms with Crippen molar-refractivity contribution in [3.63, 3.8) is 0 Å². The number of carbonyl (C=O) groups is 1. The summed E-state index contributed by atoms with van der Waals surface area (Å²) in [7, 11) is 1.28. The normalized spacial score (nSPS) is 10.2. The lowest BCUT2D eigenvalue weighted by atomic mass is 10.1. The minimum atomic E-state index is -0.468. The topological polar surface area (TPSA) is 84.9 Å². The number of pyridine rings is 1. The van der Waals surface area contributed by atoms with Crippen molar-refractivity contribution in [2.24, 2.45) is 0 Å². The second-order valence-electron chi connectivity index (χ2n) is 3.97. The molecule has 0 aliphatic heterocycles. The molecule has 0 atom stereocenters. The SMILES string of the molecule is COC(=O)Cc1c(C)nc(-c2cccnc2)[nH]c1=O. The van der Waals surface area contributed by atoms with Crippen molar-refractivity contribution in [3.8, 4) is 11.4 Å². The van der Waals surface area contributed by atoms with Crippen molar-refractivity contribution in [1.82, 2.24) is 15.0 Å². The first kappa shape index (κ1) is 12.9. The van der Waals surface area contributed by atoms with E-state index in [0.29, 0.717) is 22.6 Å². The van der Waals surface area contributed by atoms with Crippen molar-refractivity contribution in [3.05, 3.63) is 46.1 Å². The summed E-state index contributed by atoms with van der Waals surface area (Å²) in [5, 5.41) is 0. The van der Waals surface area contributed by atoms with Gasteiger partial charge in [-0.1, -0.05) is 0 Å². The second-order valence-corrected chi connectivity index (χ2v) is 3.97. The van der Waals surface area contributed by atoms with Gasteiger partial charge in [0.1, 0.15) is 5.82 Å². The van der Waals surface area contributed by atoms with Gasteiger partial charge in [-0.15, -0.1) is 0 Å². The fourth-order valence-electron chi connectivity index (χ4n) is 1.67. The third kappa shape index (κ3) is 2.85. The van der Waals surface area contributed by atoms with Crippen LogP contribution in [0.1, 0.15) is 11.3 Å². The monoisotopic (exact) mass is 259 g/mol. The highest BCUT2D eigenvalue weighted by atomic mass is 16.5. The van der Waals surface area contributed by atoms with Gasteiger partial charge in [0.2, 0.25) is 0 Å². The molecule has 0 amide bonds. The number of rotatable bonds is 3. The Bertz CT molecular complexity index is 650. The molecule has 0 fully saturated rings. The molecule has 19 heavy (non-hydrogen) atoms.